The predicted molar refractivity (Wildman–Crippen MR) is 49.8 cm³/mol. The molecule has 2 aliphatic carbocycles. The first-order valence-electron chi connectivity index (χ1n) is 5.68. The van der Waals surface area contributed by atoms with Gasteiger partial charge in [0.05, 0.1) is 5.41 Å². The Morgan fingerprint density at radius 3 is 1.70 bits per heavy atom. The average molecular weight is 312 g/mol. The molecule has 9 heteroatoms. The Bertz CT molecular complexity index is 434. The maximum absolute atomic E-state index is 13.8. The summed E-state index contributed by atoms with van der Waals surface area (Å²) in [5, 5.41) is 0. The Kier molecular flexibility index (Phi) is 2.98. The fourth-order valence-electron chi connectivity index (χ4n) is 2.83. The van der Waals surface area contributed by atoms with Crippen LogP contribution in [0.1, 0.15) is 19.3 Å². The van der Waals surface area contributed by atoms with Crippen molar-refractivity contribution in [2.24, 2.45) is 11.3 Å². The number of hydrogen-bond acceptors (Lipinski definition) is 0. The summed E-state index contributed by atoms with van der Waals surface area (Å²) in [6.07, 6.45) is -5.94. The Morgan fingerprint density at radius 1 is 0.850 bits per heavy atom. The SMILES string of the molecule is FC(F)(F)C(F)(F)C(F)(F)C(F)(F)C12C=CC(CC1)C2. The molecular weight excluding hydrogens is 303 g/mol. The zero-order valence-electron chi connectivity index (χ0n) is 9.76. The van der Waals surface area contributed by atoms with Gasteiger partial charge in [-0.15, -0.1) is 0 Å². The van der Waals surface area contributed by atoms with Crippen molar-refractivity contribution in [2.45, 2.75) is 43.2 Å². The highest BCUT2D eigenvalue weighted by Gasteiger charge is 2.85. The van der Waals surface area contributed by atoms with Crippen LogP contribution in [0.3, 0.4) is 0 Å². The molecule has 0 aromatic carbocycles. The van der Waals surface area contributed by atoms with E-state index in [1.807, 2.05) is 0 Å². The van der Waals surface area contributed by atoms with Crippen LogP contribution >= 0.6 is 0 Å². The highest BCUT2D eigenvalue weighted by molar-refractivity contribution is 5.24. The van der Waals surface area contributed by atoms with Crippen molar-refractivity contribution in [1.82, 2.24) is 0 Å². The van der Waals surface area contributed by atoms with Crippen molar-refractivity contribution in [3.05, 3.63) is 12.2 Å². The van der Waals surface area contributed by atoms with E-state index >= 15 is 0 Å². The van der Waals surface area contributed by atoms with E-state index in [1.54, 1.807) is 0 Å². The molecule has 0 nitrogen and oxygen atoms in total. The van der Waals surface area contributed by atoms with Gasteiger partial charge in [-0.25, -0.2) is 0 Å². The van der Waals surface area contributed by atoms with Crippen LogP contribution in [-0.2, 0) is 0 Å². The van der Waals surface area contributed by atoms with E-state index in [0.29, 0.717) is 6.08 Å². The minimum Gasteiger partial charge on any atom is -0.199 e. The Hall–Kier alpha value is -0.890. The second-order valence-electron chi connectivity index (χ2n) is 5.24. The highest BCUT2D eigenvalue weighted by atomic mass is 19.4. The largest absolute Gasteiger partial charge is 0.460 e. The van der Waals surface area contributed by atoms with Gasteiger partial charge in [-0.2, -0.15) is 39.5 Å². The van der Waals surface area contributed by atoms with Crippen molar-refractivity contribution in [2.75, 3.05) is 0 Å². The van der Waals surface area contributed by atoms with Crippen LogP contribution < -0.4 is 0 Å². The van der Waals surface area contributed by atoms with E-state index in [-0.39, 0.29) is 6.42 Å². The number of halogens is 9. The number of fused-ring (bicyclic) bond motifs is 2. The van der Waals surface area contributed by atoms with Gasteiger partial charge in [0.15, 0.2) is 0 Å². The number of rotatable bonds is 3. The second kappa shape index (κ2) is 3.85. The molecule has 2 unspecified atom stereocenters. The molecule has 2 aliphatic rings. The van der Waals surface area contributed by atoms with E-state index in [0.717, 1.165) is 0 Å². The lowest BCUT2D eigenvalue weighted by Crippen LogP contribution is -2.65. The summed E-state index contributed by atoms with van der Waals surface area (Å²) in [6.45, 7) is 0. The molecule has 0 aliphatic heterocycles. The minimum absolute atomic E-state index is 0.0692. The summed E-state index contributed by atoms with van der Waals surface area (Å²) in [5.41, 5.74) is -2.63. The smallest absolute Gasteiger partial charge is 0.199 e. The first kappa shape index (κ1) is 15.5. The fraction of sp³-hybridized carbons (Fsp3) is 0.818. The van der Waals surface area contributed by atoms with Crippen LogP contribution in [0.4, 0.5) is 39.5 Å². The zero-order valence-corrected chi connectivity index (χ0v) is 9.76. The van der Waals surface area contributed by atoms with E-state index < -0.39 is 48.1 Å². The van der Waals surface area contributed by atoms with E-state index in [2.05, 4.69) is 0 Å². The van der Waals surface area contributed by atoms with Gasteiger partial charge in [0.25, 0.3) is 0 Å². The van der Waals surface area contributed by atoms with Gasteiger partial charge in [0.1, 0.15) is 0 Å². The van der Waals surface area contributed by atoms with Crippen molar-refractivity contribution in [1.29, 1.82) is 0 Å². The van der Waals surface area contributed by atoms with Crippen LogP contribution in [0.2, 0.25) is 0 Å². The maximum atomic E-state index is 13.8. The minimum atomic E-state index is -6.80. The number of alkyl halides is 9. The molecule has 0 radical (unpaired) electrons. The molecule has 116 valence electrons. The highest BCUT2D eigenvalue weighted by Crippen LogP contribution is 2.65. The lowest BCUT2D eigenvalue weighted by molar-refractivity contribution is -0.408. The molecule has 1 fully saturated rings. The van der Waals surface area contributed by atoms with Gasteiger partial charge in [0, 0.05) is 0 Å². The van der Waals surface area contributed by atoms with Crippen LogP contribution in [0, 0.1) is 11.3 Å². The third-order valence-electron chi connectivity index (χ3n) is 4.05. The normalized spacial score (nSPS) is 31.1. The average Bonchev–Trinajstić information content (AvgIpc) is 2.88. The molecule has 0 N–H and O–H groups in total. The van der Waals surface area contributed by atoms with Crippen LogP contribution in [0.25, 0.3) is 0 Å². The Labute approximate surface area is 107 Å². The van der Waals surface area contributed by atoms with Gasteiger partial charge < -0.3 is 0 Å². The molecule has 2 bridgehead atoms. The van der Waals surface area contributed by atoms with Gasteiger partial charge in [0.2, 0.25) is 0 Å². The van der Waals surface area contributed by atoms with Crippen molar-refractivity contribution >= 4 is 0 Å². The van der Waals surface area contributed by atoms with Gasteiger partial charge in [-0.3, -0.25) is 0 Å². The first-order valence-corrected chi connectivity index (χ1v) is 5.68. The lowest BCUT2D eigenvalue weighted by Gasteiger charge is -2.41. The molecular formula is C11H9F9. The summed E-state index contributed by atoms with van der Waals surface area (Å²) in [4.78, 5) is 0. The topological polar surface area (TPSA) is 0 Å². The number of hydrogen-bond donors (Lipinski definition) is 0. The fourth-order valence-corrected chi connectivity index (χ4v) is 2.83. The van der Waals surface area contributed by atoms with Crippen LogP contribution in [0.5, 0.6) is 0 Å². The summed E-state index contributed by atoms with van der Waals surface area (Å²) in [6, 6.07) is 0. The lowest BCUT2D eigenvalue weighted by atomic mass is 9.76. The quantitative estimate of drug-likeness (QED) is 0.518. The van der Waals surface area contributed by atoms with E-state index in [9.17, 15) is 39.5 Å². The second-order valence-corrected chi connectivity index (χ2v) is 5.24. The number of allylic oxidation sites excluding steroid dienone is 2. The van der Waals surface area contributed by atoms with Crippen LogP contribution in [-0.4, -0.2) is 23.9 Å². The Morgan fingerprint density at radius 2 is 1.40 bits per heavy atom. The zero-order chi connectivity index (χ0) is 15.6. The molecule has 1 saturated carbocycles. The van der Waals surface area contributed by atoms with Gasteiger partial charge in [-0.05, 0) is 25.2 Å². The molecule has 0 heterocycles. The standard InChI is InChI=1S/C11H9F9/c12-8(13,7-3-1-6(5-7)2-4-7)9(14,15)10(16,17)11(18,19)20/h1,3,6H,2,4-5H2. The molecule has 0 saturated heterocycles. The molecule has 2 atom stereocenters. The molecule has 0 aromatic heterocycles. The maximum Gasteiger partial charge on any atom is 0.460 e. The third kappa shape index (κ3) is 1.64. The van der Waals surface area contributed by atoms with Crippen molar-refractivity contribution < 1.29 is 39.5 Å². The van der Waals surface area contributed by atoms with E-state index in [1.165, 1.54) is 6.08 Å². The summed E-state index contributed by atoms with van der Waals surface area (Å²) >= 11 is 0. The molecule has 20 heavy (non-hydrogen) atoms. The van der Waals surface area contributed by atoms with Gasteiger partial charge in [-0.1, -0.05) is 12.2 Å². The van der Waals surface area contributed by atoms with E-state index in [4.69, 9.17) is 0 Å². The summed E-state index contributed by atoms with van der Waals surface area (Å²) < 4.78 is 116. The monoisotopic (exact) mass is 312 g/mol. The van der Waals surface area contributed by atoms with Crippen molar-refractivity contribution in [3.63, 3.8) is 0 Å². The van der Waals surface area contributed by atoms with Crippen molar-refractivity contribution in [3.8, 4) is 0 Å². The Balaban J connectivity index is 2.45. The van der Waals surface area contributed by atoms with Gasteiger partial charge >= 0.3 is 23.9 Å². The predicted octanol–water partition coefficient (Wildman–Crippen LogP) is 4.81. The molecule has 0 aromatic rings. The summed E-state index contributed by atoms with van der Waals surface area (Å²) in [7, 11) is 0. The summed E-state index contributed by atoms with van der Waals surface area (Å²) in [5.74, 6) is -19.3. The van der Waals surface area contributed by atoms with Crippen LogP contribution in [0.15, 0.2) is 12.2 Å². The third-order valence-corrected chi connectivity index (χ3v) is 4.05. The molecule has 0 spiro atoms. The molecule has 2 rings (SSSR count). The molecule has 0 amide bonds. The first-order chi connectivity index (χ1) is 8.79.